The van der Waals surface area contributed by atoms with E-state index in [-0.39, 0.29) is 5.97 Å². The number of carbonyl (C=O) groups excluding carboxylic acids is 1. The van der Waals surface area contributed by atoms with Crippen molar-refractivity contribution in [1.29, 1.82) is 0 Å². The first kappa shape index (κ1) is 16.2. The average molecular weight is 277 g/mol. The van der Waals surface area contributed by atoms with Crippen LogP contribution in [0.4, 0.5) is 0 Å². The minimum absolute atomic E-state index is 0.355. The second kappa shape index (κ2) is 8.38. The van der Waals surface area contributed by atoms with Crippen molar-refractivity contribution < 1.29 is 14.3 Å². The predicted molar refractivity (Wildman–Crippen MR) is 80.7 cm³/mol. The highest BCUT2D eigenvalue weighted by atomic mass is 16.5. The summed E-state index contributed by atoms with van der Waals surface area (Å²) in [5.74, 6) is 0.512. The number of hydrogen-bond donors (Lipinski definition) is 0. The maximum absolute atomic E-state index is 11.1. The first-order chi connectivity index (χ1) is 9.64. The van der Waals surface area contributed by atoms with Crippen LogP contribution in [0.5, 0.6) is 5.75 Å². The third kappa shape index (κ3) is 4.70. The maximum atomic E-state index is 11.1. The summed E-state index contributed by atoms with van der Waals surface area (Å²) in [5, 5.41) is 0. The van der Waals surface area contributed by atoms with E-state index in [1.54, 1.807) is 13.2 Å². The van der Waals surface area contributed by atoms with E-state index in [1.807, 2.05) is 18.2 Å². The molecule has 1 rings (SSSR count). The number of esters is 1. The van der Waals surface area contributed by atoms with Crippen LogP contribution in [0.3, 0.4) is 0 Å². The third-order valence-electron chi connectivity index (χ3n) is 3.21. The van der Waals surface area contributed by atoms with Gasteiger partial charge in [-0.1, -0.05) is 19.9 Å². The van der Waals surface area contributed by atoms with Gasteiger partial charge < -0.3 is 9.47 Å². The molecule has 20 heavy (non-hydrogen) atoms. The van der Waals surface area contributed by atoms with Gasteiger partial charge in [-0.05, 0) is 36.9 Å². The van der Waals surface area contributed by atoms with Gasteiger partial charge in [0.1, 0.15) is 5.75 Å². The molecule has 0 aromatic heterocycles. The maximum Gasteiger partial charge on any atom is 0.330 e. The molecule has 0 saturated heterocycles. The Morgan fingerprint density at radius 2 is 1.95 bits per heavy atom. The van der Waals surface area contributed by atoms with Crippen LogP contribution >= 0.6 is 0 Å². The van der Waals surface area contributed by atoms with Gasteiger partial charge in [-0.2, -0.15) is 0 Å². The summed E-state index contributed by atoms with van der Waals surface area (Å²) in [6.07, 6.45) is 3.17. The number of hydrogen-bond acceptors (Lipinski definition) is 4. The highest BCUT2D eigenvalue weighted by molar-refractivity contribution is 5.86. The molecule has 4 heteroatoms. The molecule has 0 fully saturated rings. The van der Waals surface area contributed by atoms with Gasteiger partial charge in [0.2, 0.25) is 0 Å². The second-order valence-corrected chi connectivity index (χ2v) is 4.39. The quantitative estimate of drug-likeness (QED) is 0.567. The van der Waals surface area contributed by atoms with Crippen molar-refractivity contribution in [1.82, 2.24) is 4.90 Å². The first-order valence-electron chi connectivity index (χ1n) is 6.79. The number of benzene rings is 1. The molecule has 110 valence electrons. The Morgan fingerprint density at radius 1 is 1.25 bits per heavy atom. The monoisotopic (exact) mass is 277 g/mol. The van der Waals surface area contributed by atoms with Crippen LogP contribution in [0.15, 0.2) is 24.3 Å². The van der Waals surface area contributed by atoms with Gasteiger partial charge in [-0.15, -0.1) is 0 Å². The van der Waals surface area contributed by atoms with Gasteiger partial charge >= 0.3 is 5.97 Å². The molecule has 4 nitrogen and oxygen atoms in total. The molecule has 0 spiro atoms. The summed E-state index contributed by atoms with van der Waals surface area (Å²) in [6.45, 7) is 7.08. The minimum atomic E-state index is -0.355. The number of carbonyl (C=O) groups is 1. The molecule has 0 aliphatic rings. The molecule has 0 heterocycles. The number of nitrogens with zero attached hydrogens (tertiary/aromatic N) is 1. The Morgan fingerprint density at radius 3 is 2.50 bits per heavy atom. The van der Waals surface area contributed by atoms with Crippen molar-refractivity contribution in [2.24, 2.45) is 0 Å². The lowest BCUT2D eigenvalue weighted by molar-refractivity contribution is -0.134. The number of methoxy groups -OCH3 is 2. The molecule has 0 atom stereocenters. The topological polar surface area (TPSA) is 38.8 Å². The van der Waals surface area contributed by atoms with Gasteiger partial charge in [0.15, 0.2) is 0 Å². The lowest BCUT2D eigenvalue weighted by Gasteiger charge is -2.20. The Bertz CT molecular complexity index is 465. The fourth-order valence-electron chi connectivity index (χ4n) is 1.95. The Labute approximate surface area is 121 Å². The molecule has 1 aromatic carbocycles. The van der Waals surface area contributed by atoms with Crippen molar-refractivity contribution in [3.63, 3.8) is 0 Å². The van der Waals surface area contributed by atoms with E-state index in [1.165, 1.54) is 13.2 Å². The van der Waals surface area contributed by atoms with E-state index in [9.17, 15) is 4.79 Å². The molecule has 0 bridgehead atoms. The standard InChI is InChI=1S/C16H23NO3/c1-5-17(6-2)12-14-11-13(7-9-15(14)19-3)8-10-16(18)20-4/h7-11H,5-6,12H2,1-4H3/b10-8+. The van der Waals surface area contributed by atoms with Gasteiger partial charge in [-0.25, -0.2) is 4.79 Å². The molecule has 0 unspecified atom stereocenters. The zero-order valence-electron chi connectivity index (χ0n) is 12.7. The van der Waals surface area contributed by atoms with Crippen molar-refractivity contribution in [3.8, 4) is 5.75 Å². The van der Waals surface area contributed by atoms with Gasteiger partial charge in [0, 0.05) is 18.2 Å². The Kier molecular flexibility index (Phi) is 6.81. The van der Waals surface area contributed by atoms with Crippen molar-refractivity contribution in [2.45, 2.75) is 20.4 Å². The van der Waals surface area contributed by atoms with Crippen LogP contribution in [-0.4, -0.2) is 38.2 Å². The molecule has 0 aliphatic carbocycles. The molecule has 0 saturated carbocycles. The first-order valence-corrected chi connectivity index (χ1v) is 6.79. The van der Waals surface area contributed by atoms with Crippen molar-refractivity contribution in [2.75, 3.05) is 27.3 Å². The normalized spacial score (nSPS) is 11.1. The van der Waals surface area contributed by atoms with Gasteiger partial charge in [0.25, 0.3) is 0 Å². The molecular weight excluding hydrogens is 254 g/mol. The minimum Gasteiger partial charge on any atom is -0.496 e. The fraction of sp³-hybridized carbons (Fsp3) is 0.438. The van der Waals surface area contributed by atoms with Crippen LogP contribution in [-0.2, 0) is 16.1 Å². The van der Waals surface area contributed by atoms with Crippen LogP contribution in [0, 0.1) is 0 Å². The lowest BCUT2D eigenvalue weighted by Crippen LogP contribution is -2.22. The van der Waals surface area contributed by atoms with E-state index in [0.29, 0.717) is 0 Å². The Hall–Kier alpha value is -1.81. The SMILES string of the molecule is CCN(CC)Cc1cc(/C=C/C(=O)OC)ccc1OC. The smallest absolute Gasteiger partial charge is 0.330 e. The van der Waals surface area contributed by atoms with E-state index in [0.717, 1.165) is 36.5 Å². The highest BCUT2D eigenvalue weighted by Crippen LogP contribution is 2.22. The van der Waals surface area contributed by atoms with Gasteiger partial charge in [0.05, 0.1) is 14.2 Å². The molecule has 1 aromatic rings. The average Bonchev–Trinajstić information content (AvgIpc) is 2.50. The van der Waals surface area contributed by atoms with E-state index in [2.05, 4.69) is 23.5 Å². The Balaban J connectivity index is 2.96. The van der Waals surface area contributed by atoms with Gasteiger partial charge in [-0.3, -0.25) is 4.90 Å². The lowest BCUT2D eigenvalue weighted by atomic mass is 10.1. The van der Waals surface area contributed by atoms with Crippen LogP contribution in [0.1, 0.15) is 25.0 Å². The highest BCUT2D eigenvalue weighted by Gasteiger charge is 2.07. The van der Waals surface area contributed by atoms with Crippen LogP contribution < -0.4 is 4.74 Å². The summed E-state index contributed by atoms with van der Waals surface area (Å²) >= 11 is 0. The second-order valence-electron chi connectivity index (χ2n) is 4.39. The fourth-order valence-corrected chi connectivity index (χ4v) is 1.95. The largest absolute Gasteiger partial charge is 0.496 e. The summed E-state index contributed by atoms with van der Waals surface area (Å²) in [5.41, 5.74) is 2.07. The number of ether oxygens (including phenoxy) is 2. The number of rotatable bonds is 7. The molecule has 0 N–H and O–H groups in total. The molecule has 0 radical (unpaired) electrons. The summed E-state index contributed by atoms with van der Waals surface area (Å²) < 4.78 is 9.98. The summed E-state index contributed by atoms with van der Waals surface area (Å²) in [7, 11) is 3.04. The molecule has 0 aliphatic heterocycles. The molecular formula is C16H23NO3. The zero-order chi connectivity index (χ0) is 15.0. The predicted octanol–water partition coefficient (Wildman–Crippen LogP) is 2.72. The third-order valence-corrected chi connectivity index (χ3v) is 3.21. The van der Waals surface area contributed by atoms with E-state index < -0.39 is 0 Å². The summed E-state index contributed by atoms with van der Waals surface area (Å²) in [6, 6.07) is 5.89. The van der Waals surface area contributed by atoms with E-state index in [4.69, 9.17) is 4.74 Å². The van der Waals surface area contributed by atoms with Crippen molar-refractivity contribution >= 4 is 12.0 Å². The van der Waals surface area contributed by atoms with Crippen molar-refractivity contribution in [3.05, 3.63) is 35.4 Å². The van der Waals surface area contributed by atoms with E-state index >= 15 is 0 Å². The molecule has 0 amide bonds. The van der Waals surface area contributed by atoms with Crippen LogP contribution in [0.25, 0.3) is 6.08 Å². The summed E-state index contributed by atoms with van der Waals surface area (Å²) in [4.78, 5) is 13.4. The zero-order valence-corrected chi connectivity index (χ0v) is 12.7. The van der Waals surface area contributed by atoms with Crippen LogP contribution in [0.2, 0.25) is 0 Å².